The van der Waals surface area contributed by atoms with Crippen LogP contribution in [0.2, 0.25) is 0 Å². The summed E-state index contributed by atoms with van der Waals surface area (Å²) >= 11 is 0. The molecule has 0 saturated carbocycles. The van der Waals surface area contributed by atoms with Crippen molar-refractivity contribution in [3.63, 3.8) is 0 Å². The lowest BCUT2D eigenvalue weighted by molar-refractivity contribution is 0.0972. The minimum absolute atomic E-state index is 0.230. The molecule has 0 fully saturated rings. The van der Waals surface area contributed by atoms with E-state index in [0.29, 0.717) is 13.0 Å². The number of benzene rings is 1. The maximum Gasteiger partial charge on any atom is 0.163 e. The van der Waals surface area contributed by atoms with Crippen LogP contribution in [-0.4, -0.2) is 15.6 Å². The quantitative estimate of drug-likeness (QED) is 0.861. The first-order chi connectivity index (χ1) is 9.63. The Labute approximate surface area is 118 Å². The van der Waals surface area contributed by atoms with Gasteiger partial charge in [0.05, 0.1) is 11.4 Å². The van der Waals surface area contributed by atoms with E-state index < -0.39 is 0 Å². The van der Waals surface area contributed by atoms with Crippen LogP contribution < -0.4 is 4.74 Å². The first kappa shape index (κ1) is 12.9. The average molecular weight is 270 g/mol. The minimum Gasteiger partial charge on any atom is -0.487 e. The van der Waals surface area contributed by atoms with E-state index in [9.17, 15) is 4.79 Å². The number of fused-ring (bicyclic) bond motifs is 1. The van der Waals surface area contributed by atoms with Gasteiger partial charge in [-0.05, 0) is 43.5 Å². The highest BCUT2D eigenvalue weighted by Gasteiger charge is 2.17. The lowest BCUT2D eigenvalue weighted by Crippen LogP contribution is -2.11. The molecular formula is C16H18N2O2. The average Bonchev–Trinajstić information content (AvgIpc) is 2.75. The molecule has 0 spiro atoms. The topological polar surface area (TPSA) is 44.1 Å². The van der Waals surface area contributed by atoms with Gasteiger partial charge in [-0.3, -0.25) is 9.48 Å². The van der Waals surface area contributed by atoms with Crippen molar-refractivity contribution < 1.29 is 9.53 Å². The molecule has 0 atom stereocenters. The molecule has 3 rings (SSSR count). The first-order valence-corrected chi connectivity index (χ1v) is 6.92. The largest absolute Gasteiger partial charge is 0.487 e. The Morgan fingerprint density at radius 2 is 2.15 bits per heavy atom. The van der Waals surface area contributed by atoms with Crippen LogP contribution in [0.15, 0.2) is 24.3 Å². The zero-order valence-electron chi connectivity index (χ0n) is 11.8. The molecule has 1 aromatic heterocycles. The van der Waals surface area contributed by atoms with Gasteiger partial charge in [0.2, 0.25) is 0 Å². The fourth-order valence-electron chi connectivity index (χ4n) is 2.65. The molecule has 0 aliphatic heterocycles. The molecule has 4 nitrogen and oxygen atoms in total. The number of rotatable bonds is 3. The molecule has 0 bridgehead atoms. The smallest absolute Gasteiger partial charge is 0.163 e. The Bertz CT molecular complexity index is 658. The molecule has 4 heteroatoms. The van der Waals surface area contributed by atoms with Crippen LogP contribution in [0.5, 0.6) is 5.75 Å². The van der Waals surface area contributed by atoms with E-state index in [1.165, 1.54) is 0 Å². The van der Waals surface area contributed by atoms with Crippen LogP contribution in [0.25, 0.3) is 0 Å². The van der Waals surface area contributed by atoms with Gasteiger partial charge in [-0.1, -0.05) is 6.07 Å². The van der Waals surface area contributed by atoms with Crippen LogP contribution >= 0.6 is 0 Å². The monoisotopic (exact) mass is 270 g/mol. The molecule has 0 unspecified atom stereocenters. The Morgan fingerprint density at radius 3 is 2.90 bits per heavy atom. The highest BCUT2D eigenvalue weighted by atomic mass is 16.5. The van der Waals surface area contributed by atoms with Gasteiger partial charge in [0.25, 0.3) is 0 Å². The summed E-state index contributed by atoms with van der Waals surface area (Å²) in [6.45, 7) is 2.42. The van der Waals surface area contributed by atoms with Gasteiger partial charge in [0.1, 0.15) is 12.4 Å². The van der Waals surface area contributed by atoms with Gasteiger partial charge in [-0.2, -0.15) is 5.10 Å². The van der Waals surface area contributed by atoms with Gasteiger partial charge in [0, 0.05) is 19.0 Å². The number of nitrogens with zero attached hydrogens (tertiary/aromatic N) is 2. The lowest BCUT2D eigenvalue weighted by Gasteiger charge is -2.16. The number of hydrogen-bond acceptors (Lipinski definition) is 3. The third kappa shape index (κ3) is 2.46. The van der Waals surface area contributed by atoms with Gasteiger partial charge >= 0.3 is 0 Å². The van der Waals surface area contributed by atoms with Gasteiger partial charge < -0.3 is 4.74 Å². The van der Waals surface area contributed by atoms with E-state index in [-0.39, 0.29) is 5.78 Å². The van der Waals surface area contributed by atoms with Crippen LogP contribution in [0, 0.1) is 6.92 Å². The molecule has 1 aliphatic carbocycles. The molecule has 20 heavy (non-hydrogen) atoms. The van der Waals surface area contributed by atoms with Crippen molar-refractivity contribution in [2.75, 3.05) is 0 Å². The predicted octanol–water partition coefficient (Wildman–Crippen LogP) is 2.83. The Hall–Kier alpha value is -2.10. The van der Waals surface area contributed by atoms with E-state index in [2.05, 4.69) is 5.10 Å². The second-order valence-electron chi connectivity index (χ2n) is 5.29. The van der Waals surface area contributed by atoms with Gasteiger partial charge in [-0.25, -0.2) is 0 Å². The molecule has 1 heterocycles. The lowest BCUT2D eigenvalue weighted by atomic mass is 9.90. The van der Waals surface area contributed by atoms with Crippen molar-refractivity contribution in [1.82, 2.24) is 9.78 Å². The zero-order chi connectivity index (χ0) is 14.1. The third-order valence-corrected chi connectivity index (χ3v) is 3.72. The van der Waals surface area contributed by atoms with Crippen LogP contribution in [0.3, 0.4) is 0 Å². The van der Waals surface area contributed by atoms with Crippen LogP contribution in [-0.2, 0) is 20.1 Å². The number of carbonyl (C=O) groups excluding carboxylic acids is 1. The van der Waals surface area contributed by atoms with E-state index in [4.69, 9.17) is 4.74 Å². The number of hydrogen-bond donors (Lipinski definition) is 0. The highest BCUT2D eigenvalue weighted by Crippen LogP contribution is 2.25. The van der Waals surface area contributed by atoms with E-state index >= 15 is 0 Å². The van der Waals surface area contributed by atoms with Gasteiger partial charge in [0.15, 0.2) is 5.78 Å². The molecule has 1 aromatic carbocycles. The summed E-state index contributed by atoms with van der Waals surface area (Å²) in [5, 5.41) is 4.29. The predicted molar refractivity (Wildman–Crippen MR) is 76.0 cm³/mol. The SMILES string of the molecule is Cc1cc(COc2ccc3c(c2)C(=O)CCC3)n(C)n1. The molecule has 0 radical (unpaired) electrons. The molecule has 0 N–H and O–H groups in total. The maximum absolute atomic E-state index is 11.9. The second kappa shape index (κ2) is 5.12. The number of ether oxygens (including phenoxy) is 1. The zero-order valence-corrected chi connectivity index (χ0v) is 11.8. The maximum atomic E-state index is 11.9. The van der Waals surface area contributed by atoms with Crippen molar-refractivity contribution in [3.8, 4) is 5.75 Å². The number of aryl methyl sites for hydroxylation is 3. The molecule has 104 valence electrons. The molecule has 2 aromatic rings. The summed E-state index contributed by atoms with van der Waals surface area (Å²) in [6, 6.07) is 7.83. The Balaban J connectivity index is 1.77. The molecule has 1 aliphatic rings. The molecular weight excluding hydrogens is 252 g/mol. The number of aromatic nitrogens is 2. The molecule has 0 saturated heterocycles. The summed E-state index contributed by atoms with van der Waals surface area (Å²) in [4.78, 5) is 11.9. The summed E-state index contributed by atoms with van der Waals surface area (Å²) in [6.07, 6.45) is 2.60. The van der Waals surface area contributed by atoms with Crippen molar-refractivity contribution in [2.45, 2.75) is 32.8 Å². The number of Topliss-reactive ketones (excluding diaryl/α,β-unsaturated/α-hetero) is 1. The fraction of sp³-hybridized carbons (Fsp3) is 0.375. The number of carbonyl (C=O) groups is 1. The standard InChI is InChI=1S/C16H18N2O2/c1-11-8-13(18(2)17-11)10-20-14-7-6-12-4-3-5-16(19)15(12)9-14/h6-9H,3-5,10H2,1-2H3. The van der Waals surface area contributed by atoms with Crippen molar-refractivity contribution in [2.24, 2.45) is 7.05 Å². The molecule has 0 amide bonds. The summed E-state index contributed by atoms with van der Waals surface area (Å²) in [5.41, 5.74) is 3.97. The summed E-state index contributed by atoms with van der Waals surface area (Å²) in [5.74, 6) is 0.978. The van der Waals surface area contributed by atoms with Crippen molar-refractivity contribution >= 4 is 5.78 Å². The van der Waals surface area contributed by atoms with Crippen LogP contribution in [0.1, 0.15) is 40.2 Å². The Morgan fingerprint density at radius 1 is 1.30 bits per heavy atom. The minimum atomic E-state index is 0.230. The number of ketones is 1. The first-order valence-electron chi connectivity index (χ1n) is 6.92. The van der Waals surface area contributed by atoms with E-state index in [1.807, 2.05) is 42.9 Å². The van der Waals surface area contributed by atoms with Crippen LogP contribution in [0.4, 0.5) is 0 Å². The van der Waals surface area contributed by atoms with Gasteiger partial charge in [-0.15, -0.1) is 0 Å². The summed E-state index contributed by atoms with van der Waals surface area (Å²) < 4.78 is 7.61. The second-order valence-corrected chi connectivity index (χ2v) is 5.29. The Kier molecular flexibility index (Phi) is 3.30. The normalized spacial score (nSPS) is 14.2. The highest BCUT2D eigenvalue weighted by molar-refractivity contribution is 5.98. The fourth-order valence-corrected chi connectivity index (χ4v) is 2.65. The van der Waals surface area contributed by atoms with E-state index in [0.717, 1.165) is 41.1 Å². The van der Waals surface area contributed by atoms with Crippen molar-refractivity contribution in [1.29, 1.82) is 0 Å². The van der Waals surface area contributed by atoms with Crippen molar-refractivity contribution in [3.05, 3.63) is 46.8 Å². The summed E-state index contributed by atoms with van der Waals surface area (Å²) in [7, 11) is 1.90. The third-order valence-electron chi connectivity index (χ3n) is 3.72. The van der Waals surface area contributed by atoms with E-state index in [1.54, 1.807) is 0 Å².